The molecule has 12 heavy (non-hydrogen) atoms. The lowest BCUT2D eigenvalue weighted by Gasteiger charge is -2.47. The largest absolute Gasteiger partial charge is 0.396 e. The summed E-state index contributed by atoms with van der Waals surface area (Å²) in [6, 6.07) is 0. The van der Waals surface area contributed by atoms with Gasteiger partial charge in [0.25, 0.3) is 0 Å². The number of ether oxygens (including phenoxy) is 1. The number of hydrogen-bond donors (Lipinski definition) is 2. The molecule has 0 saturated heterocycles. The second-order valence-electron chi connectivity index (χ2n) is 3.63. The molecule has 72 valence electrons. The summed E-state index contributed by atoms with van der Waals surface area (Å²) in [6.45, 7) is 3.63. The first-order valence-corrected chi connectivity index (χ1v) is 4.70. The SMILES string of the molecule is CC1CCC1(CN)OCCCO. The van der Waals surface area contributed by atoms with E-state index >= 15 is 0 Å². The quantitative estimate of drug-likeness (QED) is 0.596. The van der Waals surface area contributed by atoms with Crippen LogP contribution in [0.25, 0.3) is 0 Å². The molecule has 0 heterocycles. The van der Waals surface area contributed by atoms with Crippen LogP contribution in [0.1, 0.15) is 26.2 Å². The van der Waals surface area contributed by atoms with Gasteiger partial charge in [0.1, 0.15) is 0 Å². The van der Waals surface area contributed by atoms with Gasteiger partial charge in [-0.15, -0.1) is 0 Å². The molecular formula is C9H19NO2. The summed E-state index contributed by atoms with van der Waals surface area (Å²) in [7, 11) is 0. The van der Waals surface area contributed by atoms with Crippen LogP contribution in [0.4, 0.5) is 0 Å². The van der Waals surface area contributed by atoms with Gasteiger partial charge >= 0.3 is 0 Å². The van der Waals surface area contributed by atoms with Crippen molar-refractivity contribution in [1.29, 1.82) is 0 Å². The Morgan fingerprint density at radius 1 is 1.67 bits per heavy atom. The first-order chi connectivity index (χ1) is 5.75. The van der Waals surface area contributed by atoms with Crippen LogP contribution in [0, 0.1) is 5.92 Å². The van der Waals surface area contributed by atoms with E-state index in [1.807, 2.05) is 0 Å². The molecule has 1 aliphatic carbocycles. The highest BCUT2D eigenvalue weighted by Gasteiger charge is 2.43. The van der Waals surface area contributed by atoms with Gasteiger partial charge in [0.05, 0.1) is 5.60 Å². The standard InChI is InChI=1S/C9H19NO2/c1-8-3-4-9(8,7-10)12-6-2-5-11/h8,11H,2-7,10H2,1H3. The van der Waals surface area contributed by atoms with Crippen molar-refractivity contribution in [1.82, 2.24) is 0 Å². The molecule has 0 radical (unpaired) electrons. The van der Waals surface area contributed by atoms with Crippen LogP contribution in [0.5, 0.6) is 0 Å². The molecular weight excluding hydrogens is 154 g/mol. The molecule has 0 bridgehead atoms. The Labute approximate surface area is 73.9 Å². The first kappa shape index (κ1) is 9.96. The molecule has 0 aromatic heterocycles. The third-order valence-corrected chi connectivity index (χ3v) is 2.94. The van der Waals surface area contributed by atoms with Gasteiger partial charge < -0.3 is 15.6 Å². The van der Waals surface area contributed by atoms with E-state index in [2.05, 4.69) is 6.92 Å². The third kappa shape index (κ3) is 1.79. The molecule has 0 aromatic carbocycles. The molecule has 0 aliphatic heterocycles. The summed E-state index contributed by atoms with van der Waals surface area (Å²) < 4.78 is 5.68. The molecule has 0 spiro atoms. The fraction of sp³-hybridized carbons (Fsp3) is 1.00. The van der Waals surface area contributed by atoms with Crippen LogP contribution in [0.15, 0.2) is 0 Å². The lowest BCUT2D eigenvalue weighted by molar-refractivity contribution is -0.135. The van der Waals surface area contributed by atoms with Gasteiger partial charge in [-0.25, -0.2) is 0 Å². The van der Waals surface area contributed by atoms with E-state index in [4.69, 9.17) is 15.6 Å². The van der Waals surface area contributed by atoms with E-state index in [-0.39, 0.29) is 12.2 Å². The topological polar surface area (TPSA) is 55.5 Å². The summed E-state index contributed by atoms with van der Waals surface area (Å²) in [4.78, 5) is 0. The van der Waals surface area contributed by atoms with Crippen LogP contribution >= 0.6 is 0 Å². The number of rotatable bonds is 5. The number of hydrogen-bond acceptors (Lipinski definition) is 3. The summed E-state index contributed by atoms with van der Waals surface area (Å²) in [5.74, 6) is 0.584. The Kier molecular flexibility index (Phi) is 3.50. The molecule has 3 heteroatoms. The van der Waals surface area contributed by atoms with Crippen molar-refractivity contribution in [2.24, 2.45) is 11.7 Å². The zero-order chi connectivity index (χ0) is 9.03. The molecule has 3 N–H and O–H groups in total. The average Bonchev–Trinajstić information content (AvgIpc) is 2.10. The highest BCUT2D eigenvalue weighted by Crippen LogP contribution is 2.40. The molecule has 2 atom stereocenters. The average molecular weight is 173 g/mol. The van der Waals surface area contributed by atoms with Crippen LogP contribution in [0.3, 0.4) is 0 Å². The maximum absolute atomic E-state index is 8.58. The van der Waals surface area contributed by atoms with Gasteiger partial charge in [0.2, 0.25) is 0 Å². The van der Waals surface area contributed by atoms with Crippen molar-refractivity contribution in [2.45, 2.75) is 31.8 Å². The van der Waals surface area contributed by atoms with Crippen LogP contribution in [-0.4, -0.2) is 30.5 Å². The number of nitrogens with two attached hydrogens (primary N) is 1. The van der Waals surface area contributed by atoms with Gasteiger partial charge in [-0.2, -0.15) is 0 Å². The summed E-state index contributed by atoms with van der Waals surface area (Å²) >= 11 is 0. The third-order valence-electron chi connectivity index (χ3n) is 2.94. The highest BCUT2D eigenvalue weighted by atomic mass is 16.5. The highest BCUT2D eigenvalue weighted by molar-refractivity contribution is 4.96. The summed E-state index contributed by atoms with van der Waals surface area (Å²) in [5, 5.41) is 8.58. The Morgan fingerprint density at radius 2 is 2.42 bits per heavy atom. The van der Waals surface area contributed by atoms with E-state index in [1.165, 1.54) is 6.42 Å². The summed E-state index contributed by atoms with van der Waals surface area (Å²) in [6.07, 6.45) is 3.01. The van der Waals surface area contributed by atoms with Gasteiger partial charge in [-0.3, -0.25) is 0 Å². The van der Waals surface area contributed by atoms with E-state index in [0.717, 1.165) is 6.42 Å². The predicted molar refractivity (Wildman–Crippen MR) is 47.8 cm³/mol. The maximum atomic E-state index is 8.58. The van der Waals surface area contributed by atoms with E-state index in [1.54, 1.807) is 0 Å². The zero-order valence-electron chi connectivity index (χ0n) is 7.75. The lowest BCUT2D eigenvalue weighted by Crippen LogP contribution is -2.53. The molecule has 0 aromatic rings. The second kappa shape index (κ2) is 4.21. The Bertz CT molecular complexity index is 136. The van der Waals surface area contributed by atoms with Crippen molar-refractivity contribution in [2.75, 3.05) is 19.8 Å². The van der Waals surface area contributed by atoms with Crippen molar-refractivity contribution >= 4 is 0 Å². The normalized spacial score (nSPS) is 34.8. The van der Waals surface area contributed by atoms with E-state index in [0.29, 0.717) is 25.5 Å². The minimum Gasteiger partial charge on any atom is -0.396 e. The smallest absolute Gasteiger partial charge is 0.0829 e. The zero-order valence-corrected chi connectivity index (χ0v) is 7.75. The molecule has 1 fully saturated rings. The van der Waals surface area contributed by atoms with Crippen LogP contribution in [0.2, 0.25) is 0 Å². The molecule has 3 nitrogen and oxygen atoms in total. The Balaban J connectivity index is 2.25. The Morgan fingerprint density at radius 3 is 2.75 bits per heavy atom. The molecule has 1 saturated carbocycles. The summed E-state index contributed by atoms with van der Waals surface area (Å²) in [5.41, 5.74) is 5.59. The van der Waals surface area contributed by atoms with Crippen molar-refractivity contribution < 1.29 is 9.84 Å². The fourth-order valence-corrected chi connectivity index (χ4v) is 1.67. The van der Waals surface area contributed by atoms with Gasteiger partial charge in [0.15, 0.2) is 0 Å². The van der Waals surface area contributed by atoms with Crippen molar-refractivity contribution in [3.05, 3.63) is 0 Å². The fourth-order valence-electron chi connectivity index (χ4n) is 1.67. The minimum absolute atomic E-state index is 0.0603. The Hall–Kier alpha value is -0.120. The van der Waals surface area contributed by atoms with Crippen molar-refractivity contribution in [3.8, 4) is 0 Å². The van der Waals surface area contributed by atoms with E-state index in [9.17, 15) is 0 Å². The predicted octanol–water partition coefficient (Wildman–Crippen LogP) is 0.513. The minimum atomic E-state index is -0.0603. The number of aliphatic hydroxyl groups is 1. The molecule has 1 aliphatic rings. The van der Waals surface area contributed by atoms with Gasteiger partial charge in [0, 0.05) is 19.8 Å². The lowest BCUT2D eigenvalue weighted by atomic mass is 9.70. The van der Waals surface area contributed by atoms with E-state index < -0.39 is 0 Å². The van der Waals surface area contributed by atoms with Gasteiger partial charge in [-0.05, 0) is 25.2 Å². The monoisotopic (exact) mass is 173 g/mol. The molecule has 0 amide bonds. The number of aliphatic hydroxyl groups excluding tert-OH is 1. The first-order valence-electron chi connectivity index (χ1n) is 4.70. The van der Waals surface area contributed by atoms with Crippen LogP contribution < -0.4 is 5.73 Å². The second-order valence-corrected chi connectivity index (χ2v) is 3.63. The van der Waals surface area contributed by atoms with Crippen molar-refractivity contribution in [3.63, 3.8) is 0 Å². The molecule has 1 rings (SSSR count). The van der Waals surface area contributed by atoms with Gasteiger partial charge in [-0.1, -0.05) is 6.92 Å². The molecule has 2 unspecified atom stereocenters. The maximum Gasteiger partial charge on any atom is 0.0829 e. The van der Waals surface area contributed by atoms with Crippen LogP contribution in [-0.2, 0) is 4.74 Å².